The molecule has 1 aliphatic carbocycles. The number of nitrogens with zero attached hydrogens (tertiary/aromatic N) is 2. The first-order valence-electron chi connectivity index (χ1n) is 8.36. The summed E-state index contributed by atoms with van der Waals surface area (Å²) in [6, 6.07) is 15.6. The van der Waals surface area contributed by atoms with Crippen LogP contribution in [0.1, 0.15) is 35.6 Å². The second kappa shape index (κ2) is 7.69. The molecule has 3 rings (SSSR count). The van der Waals surface area contributed by atoms with Crippen LogP contribution in [-0.4, -0.2) is 24.4 Å². The van der Waals surface area contributed by atoms with E-state index in [-0.39, 0.29) is 11.9 Å². The Bertz CT molecular complexity index is 828. The van der Waals surface area contributed by atoms with E-state index in [9.17, 15) is 4.79 Å². The fourth-order valence-electron chi connectivity index (χ4n) is 3.41. The number of amides is 1. The van der Waals surface area contributed by atoms with Crippen molar-refractivity contribution in [2.75, 3.05) is 18.9 Å². The maximum absolute atomic E-state index is 12.4. The van der Waals surface area contributed by atoms with E-state index in [1.54, 1.807) is 18.2 Å². The van der Waals surface area contributed by atoms with Crippen LogP contribution in [0.25, 0.3) is 0 Å². The molecule has 128 valence electrons. The molecule has 0 heterocycles. The fraction of sp³-hybridized carbons (Fsp3) is 0.300. The predicted molar refractivity (Wildman–Crippen MR) is 99.5 cm³/mol. The van der Waals surface area contributed by atoms with E-state index in [4.69, 9.17) is 16.9 Å². The number of halogens is 1. The Balaban J connectivity index is 1.66. The highest BCUT2D eigenvalue weighted by Gasteiger charge is 2.24. The standard InChI is InChI=1S/C20H20ClN3O/c1-24(19-8-4-6-14-5-2-3-7-17(14)19)13-20(25)23-16-10-9-15(12-22)18(21)11-16/h2-3,5,7,9-11,19H,4,6,8,13H2,1H3,(H,23,25)/t19-/m1/s1. The maximum atomic E-state index is 12.4. The van der Waals surface area contributed by atoms with Crippen molar-refractivity contribution in [3.63, 3.8) is 0 Å². The number of hydrogen-bond donors (Lipinski definition) is 1. The van der Waals surface area contributed by atoms with Crippen LogP contribution >= 0.6 is 11.6 Å². The van der Waals surface area contributed by atoms with E-state index < -0.39 is 0 Å². The van der Waals surface area contributed by atoms with Crippen molar-refractivity contribution < 1.29 is 4.79 Å². The largest absolute Gasteiger partial charge is 0.325 e. The van der Waals surface area contributed by atoms with Crippen molar-refractivity contribution in [1.29, 1.82) is 5.26 Å². The number of nitrogens with one attached hydrogen (secondary N) is 1. The molecule has 1 amide bonds. The quantitative estimate of drug-likeness (QED) is 0.897. The number of benzene rings is 2. The molecular weight excluding hydrogens is 334 g/mol. The van der Waals surface area contributed by atoms with Crippen molar-refractivity contribution in [3.05, 3.63) is 64.2 Å². The number of nitriles is 1. The Morgan fingerprint density at radius 3 is 2.92 bits per heavy atom. The third-order valence-corrected chi connectivity index (χ3v) is 4.95. The van der Waals surface area contributed by atoms with Gasteiger partial charge in [0.2, 0.25) is 5.91 Å². The Morgan fingerprint density at radius 1 is 1.36 bits per heavy atom. The molecule has 1 aliphatic rings. The van der Waals surface area contributed by atoms with Gasteiger partial charge in [-0.3, -0.25) is 9.69 Å². The summed E-state index contributed by atoms with van der Waals surface area (Å²) in [7, 11) is 1.98. The summed E-state index contributed by atoms with van der Waals surface area (Å²) in [5.74, 6) is -0.0914. The number of rotatable bonds is 4. The van der Waals surface area contributed by atoms with E-state index in [2.05, 4.69) is 34.5 Å². The Labute approximate surface area is 153 Å². The van der Waals surface area contributed by atoms with E-state index in [1.807, 2.05) is 13.1 Å². The third kappa shape index (κ3) is 4.01. The molecular formula is C20H20ClN3O. The summed E-state index contributed by atoms with van der Waals surface area (Å²) in [5, 5.41) is 12.1. The highest BCUT2D eigenvalue weighted by Crippen LogP contribution is 2.33. The second-order valence-corrected chi connectivity index (χ2v) is 6.78. The van der Waals surface area contributed by atoms with Crippen molar-refractivity contribution in [2.24, 2.45) is 0 Å². The van der Waals surface area contributed by atoms with Gasteiger partial charge in [-0.25, -0.2) is 0 Å². The van der Waals surface area contributed by atoms with E-state index in [0.717, 1.165) is 19.3 Å². The Kier molecular flexibility index (Phi) is 5.37. The maximum Gasteiger partial charge on any atom is 0.238 e. The molecule has 0 aliphatic heterocycles. The molecule has 25 heavy (non-hydrogen) atoms. The molecule has 1 atom stereocenters. The van der Waals surface area contributed by atoms with Crippen molar-refractivity contribution in [1.82, 2.24) is 4.90 Å². The number of carbonyl (C=O) groups is 1. The van der Waals surface area contributed by atoms with Crippen LogP contribution in [-0.2, 0) is 11.2 Å². The first kappa shape index (κ1) is 17.5. The van der Waals surface area contributed by atoms with Crippen molar-refractivity contribution in [2.45, 2.75) is 25.3 Å². The normalized spacial score (nSPS) is 16.2. The molecule has 0 radical (unpaired) electrons. The molecule has 2 aromatic carbocycles. The minimum Gasteiger partial charge on any atom is -0.325 e. The van der Waals surface area contributed by atoms with Crippen LogP contribution in [0, 0.1) is 11.3 Å². The van der Waals surface area contributed by atoms with Gasteiger partial charge in [0, 0.05) is 11.7 Å². The summed E-state index contributed by atoms with van der Waals surface area (Å²) in [6.45, 7) is 0.302. The molecule has 0 saturated carbocycles. The van der Waals surface area contributed by atoms with Gasteiger partial charge in [0.1, 0.15) is 6.07 Å². The monoisotopic (exact) mass is 353 g/mol. The lowest BCUT2D eigenvalue weighted by Gasteiger charge is -2.32. The Hall–Kier alpha value is -2.35. The van der Waals surface area contributed by atoms with Crippen LogP contribution in [0.5, 0.6) is 0 Å². The van der Waals surface area contributed by atoms with Gasteiger partial charge in [0.05, 0.1) is 17.1 Å². The predicted octanol–water partition coefficient (Wildman–Crippen LogP) is 4.16. The van der Waals surface area contributed by atoms with Gasteiger partial charge < -0.3 is 5.32 Å². The lowest BCUT2D eigenvalue weighted by molar-refractivity contribution is -0.117. The minimum atomic E-state index is -0.0914. The van der Waals surface area contributed by atoms with Crippen molar-refractivity contribution >= 4 is 23.2 Å². The summed E-state index contributed by atoms with van der Waals surface area (Å²) in [6.07, 6.45) is 3.30. The number of likely N-dealkylation sites (N-methyl/N-ethyl adjacent to an activating group) is 1. The smallest absolute Gasteiger partial charge is 0.238 e. The summed E-state index contributed by atoms with van der Waals surface area (Å²) in [5.41, 5.74) is 3.71. The highest BCUT2D eigenvalue weighted by atomic mass is 35.5. The van der Waals surface area contributed by atoms with Gasteiger partial charge in [-0.2, -0.15) is 5.26 Å². The lowest BCUT2D eigenvalue weighted by Crippen LogP contribution is -2.34. The van der Waals surface area contributed by atoms with Crippen molar-refractivity contribution in [3.8, 4) is 6.07 Å². The number of aryl methyl sites for hydroxylation is 1. The van der Waals surface area contributed by atoms with Gasteiger partial charge in [0.25, 0.3) is 0 Å². The average Bonchev–Trinajstić information content (AvgIpc) is 2.61. The summed E-state index contributed by atoms with van der Waals surface area (Å²) < 4.78 is 0. The zero-order chi connectivity index (χ0) is 17.8. The molecule has 0 unspecified atom stereocenters. The van der Waals surface area contributed by atoms with Crippen LogP contribution in [0.4, 0.5) is 5.69 Å². The first-order chi connectivity index (χ1) is 12.1. The molecule has 1 N–H and O–H groups in total. The van der Waals surface area contributed by atoms with Crippen LogP contribution in [0.15, 0.2) is 42.5 Å². The topological polar surface area (TPSA) is 56.1 Å². The molecule has 4 nitrogen and oxygen atoms in total. The fourth-order valence-corrected chi connectivity index (χ4v) is 3.63. The summed E-state index contributed by atoms with van der Waals surface area (Å²) in [4.78, 5) is 14.5. The average molecular weight is 354 g/mol. The molecule has 0 fully saturated rings. The van der Waals surface area contributed by atoms with E-state index in [0.29, 0.717) is 22.8 Å². The van der Waals surface area contributed by atoms with Gasteiger partial charge >= 0.3 is 0 Å². The molecule has 0 spiro atoms. The second-order valence-electron chi connectivity index (χ2n) is 6.38. The van der Waals surface area contributed by atoms with Crippen LogP contribution in [0.2, 0.25) is 5.02 Å². The molecule has 5 heteroatoms. The zero-order valence-corrected chi connectivity index (χ0v) is 14.9. The molecule has 0 bridgehead atoms. The molecule has 0 aromatic heterocycles. The summed E-state index contributed by atoms with van der Waals surface area (Å²) >= 11 is 6.01. The minimum absolute atomic E-state index is 0.0914. The van der Waals surface area contributed by atoms with Crippen LogP contribution in [0.3, 0.4) is 0 Å². The van der Waals surface area contributed by atoms with E-state index >= 15 is 0 Å². The van der Waals surface area contributed by atoms with Crippen LogP contribution < -0.4 is 5.32 Å². The first-order valence-corrected chi connectivity index (χ1v) is 8.74. The van der Waals surface area contributed by atoms with E-state index in [1.165, 1.54) is 11.1 Å². The number of carbonyl (C=O) groups excluding carboxylic acids is 1. The van der Waals surface area contributed by atoms with Gasteiger partial charge in [0.15, 0.2) is 0 Å². The third-order valence-electron chi connectivity index (χ3n) is 4.64. The lowest BCUT2D eigenvalue weighted by atomic mass is 9.87. The van der Waals surface area contributed by atoms with Gasteiger partial charge in [-0.15, -0.1) is 0 Å². The number of hydrogen-bond acceptors (Lipinski definition) is 3. The zero-order valence-electron chi connectivity index (χ0n) is 14.1. The molecule has 2 aromatic rings. The Morgan fingerprint density at radius 2 is 2.16 bits per heavy atom. The number of anilines is 1. The highest BCUT2D eigenvalue weighted by molar-refractivity contribution is 6.32. The van der Waals surface area contributed by atoms with Gasteiger partial charge in [-0.1, -0.05) is 35.9 Å². The number of fused-ring (bicyclic) bond motifs is 1. The van der Waals surface area contributed by atoms with Gasteiger partial charge in [-0.05, 0) is 55.6 Å². The molecule has 0 saturated heterocycles. The SMILES string of the molecule is CN(CC(=O)Nc1ccc(C#N)c(Cl)c1)[C@@H]1CCCc2ccccc21.